The molecule has 27 heavy (non-hydrogen) atoms. The summed E-state index contributed by atoms with van der Waals surface area (Å²) in [6, 6.07) is 10.3. The van der Waals surface area contributed by atoms with E-state index < -0.39 is 10.0 Å². The number of sulfonamides is 1. The smallest absolute Gasteiger partial charge is 0.275 e. The molecule has 0 fully saturated rings. The van der Waals surface area contributed by atoms with E-state index in [1.807, 2.05) is 33.0 Å². The molecule has 1 aromatic heterocycles. The third kappa shape index (κ3) is 5.92. The van der Waals surface area contributed by atoms with Crippen LogP contribution in [0.15, 0.2) is 52.0 Å². The summed E-state index contributed by atoms with van der Waals surface area (Å²) in [6.07, 6.45) is 1.62. The van der Waals surface area contributed by atoms with E-state index in [1.54, 1.807) is 30.5 Å². The Morgan fingerprint density at radius 3 is 2.37 bits per heavy atom. The highest BCUT2D eigenvalue weighted by Gasteiger charge is 2.21. The van der Waals surface area contributed by atoms with Crippen LogP contribution < -0.4 is 10.2 Å². The van der Waals surface area contributed by atoms with Gasteiger partial charge in [0, 0.05) is 19.6 Å². The molecule has 0 aliphatic heterocycles. The maximum absolute atomic E-state index is 12.5. The fraction of sp³-hybridized carbons (Fsp3) is 0.421. The van der Waals surface area contributed by atoms with Crippen molar-refractivity contribution in [2.24, 2.45) is 0 Å². The molecule has 1 heterocycles. The largest absolute Gasteiger partial charge is 0.463 e. The summed E-state index contributed by atoms with van der Waals surface area (Å²) >= 11 is 0. The standard InChI is InChI=1S/C19H27N3O4S/c1-4-22(5-2)27(24,25)18-10-8-16(9-11-18)13-20-19(23)15-21(3)14-17-7-6-12-26-17/h6-12H,4-5,13-15H2,1-3H3,(H,20,23)/p+1. The minimum Gasteiger partial charge on any atom is -0.463 e. The average molecular weight is 395 g/mol. The number of amides is 1. The van der Waals surface area contributed by atoms with E-state index in [1.165, 1.54) is 4.31 Å². The molecule has 0 aliphatic rings. The molecule has 2 aromatic rings. The summed E-state index contributed by atoms with van der Waals surface area (Å²) in [5.74, 6) is 0.768. The van der Waals surface area contributed by atoms with Crippen molar-refractivity contribution in [2.45, 2.75) is 31.8 Å². The predicted molar refractivity (Wildman–Crippen MR) is 103 cm³/mol. The summed E-state index contributed by atoms with van der Waals surface area (Å²) in [5, 5.41) is 2.86. The van der Waals surface area contributed by atoms with Crippen molar-refractivity contribution in [2.75, 3.05) is 26.7 Å². The van der Waals surface area contributed by atoms with E-state index in [2.05, 4.69) is 5.32 Å². The van der Waals surface area contributed by atoms with Crippen LogP contribution in [-0.4, -0.2) is 45.3 Å². The SMILES string of the molecule is CCN(CC)S(=O)(=O)c1ccc(CNC(=O)C[NH+](C)Cc2ccco2)cc1. The normalized spacial score (nSPS) is 12.9. The molecule has 2 rings (SSSR count). The fourth-order valence-electron chi connectivity index (χ4n) is 2.80. The zero-order chi connectivity index (χ0) is 19.9. The van der Waals surface area contributed by atoms with Gasteiger partial charge >= 0.3 is 0 Å². The molecule has 0 saturated heterocycles. The van der Waals surface area contributed by atoms with Crippen molar-refractivity contribution in [1.29, 1.82) is 0 Å². The predicted octanol–water partition coefficient (Wildman–Crippen LogP) is 0.641. The van der Waals surface area contributed by atoms with Crippen LogP contribution in [0.4, 0.5) is 0 Å². The van der Waals surface area contributed by atoms with E-state index in [0.717, 1.165) is 16.2 Å². The van der Waals surface area contributed by atoms with Crippen molar-refractivity contribution in [1.82, 2.24) is 9.62 Å². The van der Waals surface area contributed by atoms with Crippen LogP contribution in [0.2, 0.25) is 0 Å². The Hall–Kier alpha value is -2.16. The van der Waals surface area contributed by atoms with Crippen molar-refractivity contribution in [3.63, 3.8) is 0 Å². The number of benzene rings is 1. The third-order valence-electron chi connectivity index (χ3n) is 4.27. The lowest BCUT2D eigenvalue weighted by Crippen LogP contribution is -3.08. The molecule has 148 valence electrons. The van der Waals surface area contributed by atoms with Gasteiger partial charge in [0.25, 0.3) is 5.91 Å². The first-order chi connectivity index (χ1) is 12.9. The Balaban J connectivity index is 1.86. The molecule has 1 amide bonds. The first-order valence-corrected chi connectivity index (χ1v) is 10.5. The second-order valence-electron chi connectivity index (χ2n) is 6.40. The Bertz CT molecular complexity index is 813. The van der Waals surface area contributed by atoms with Crippen LogP contribution in [-0.2, 0) is 27.9 Å². The van der Waals surface area contributed by atoms with E-state index >= 15 is 0 Å². The highest BCUT2D eigenvalue weighted by molar-refractivity contribution is 7.89. The Morgan fingerprint density at radius 1 is 1.15 bits per heavy atom. The molecule has 0 saturated carbocycles. The second-order valence-corrected chi connectivity index (χ2v) is 8.34. The Morgan fingerprint density at radius 2 is 1.81 bits per heavy atom. The first kappa shape index (κ1) is 21.1. The van der Waals surface area contributed by atoms with Gasteiger partial charge in [0.15, 0.2) is 12.3 Å². The fourth-order valence-corrected chi connectivity index (χ4v) is 4.26. The van der Waals surface area contributed by atoms with Crippen molar-refractivity contribution in [3.8, 4) is 0 Å². The van der Waals surface area contributed by atoms with Gasteiger partial charge in [0.2, 0.25) is 10.0 Å². The van der Waals surface area contributed by atoms with Crippen LogP contribution >= 0.6 is 0 Å². The minimum atomic E-state index is -3.46. The number of likely N-dealkylation sites (N-methyl/N-ethyl adjacent to an activating group) is 1. The average Bonchev–Trinajstić information content (AvgIpc) is 3.14. The quantitative estimate of drug-likeness (QED) is 0.620. The van der Waals surface area contributed by atoms with E-state index in [4.69, 9.17) is 4.42 Å². The molecule has 1 atom stereocenters. The lowest BCUT2D eigenvalue weighted by atomic mass is 10.2. The monoisotopic (exact) mass is 394 g/mol. The second kappa shape index (κ2) is 9.68. The van der Waals surface area contributed by atoms with Gasteiger partial charge in [-0.2, -0.15) is 4.31 Å². The molecule has 7 nitrogen and oxygen atoms in total. The maximum Gasteiger partial charge on any atom is 0.275 e. The molecule has 1 aromatic carbocycles. The van der Waals surface area contributed by atoms with Gasteiger partial charge < -0.3 is 14.6 Å². The molecule has 0 radical (unpaired) electrons. The molecule has 2 N–H and O–H groups in total. The highest BCUT2D eigenvalue weighted by Crippen LogP contribution is 2.16. The zero-order valence-corrected chi connectivity index (χ0v) is 16.9. The lowest BCUT2D eigenvalue weighted by Gasteiger charge is -2.18. The molecule has 0 bridgehead atoms. The molecule has 0 spiro atoms. The number of carbonyl (C=O) groups excluding carboxylic acids is 1. The molecule has 8 heteroatoms. The number of hydrogen-bond donors (Lipinski definition) is 2. The summed E-state index contributed by atoms with van der Waals surface area (Å²) in [7, 11) is -1.53. The van der Waals surface area contributed by atoms with Gasteiger partial charge in [-0.05, 0) is 29.8 Å². The van der Waals surface area contributed by atoms with Crippen LogP contribution in [0.5, 0.6) is 0 Å². The molecule has 0 aliphatic carbocycles. The molecule has 1 unspecified atom stereocenters. The number of carbonyl (C=O) groups is 1. The van der Waals surface area contributed by atoms with Gasteiger partial charge in [-0.1, -0.05) is 26.0 Å². The van der Waals surface area contributed by atoms with Crippen LogP contribution in [0.25, 0.3) is 0 Å². The number of furan rings is 1. The number of nitrogens with one attached hydrogen (secondary N) is 2. The number of quaternary nitrogens is 1. The zero-order valence-electron chi connectivity index (χ0n) is 16.1. The van der Waals surface area contributed by atoms with Gasteiger partial charge in [0.05, 0.1) is 18.2 Å². The third-order valence-corrected chi connectivity index (χ3v) is 6.34. The van der Waals surface area contributed by atoms with Crippen molar-refractivity contribution < 1.29 is 22.5 Å². The lowest BCUT2D eigenvalue weighted by molar-refractivity contribution is -0.886. The summed E-state index contributed by atoms with van der Waals surface area (Å²) < 4.78 is 31.6. The van der Waals surface area contributed by atoms with Gasteiger partial charge in [-0.25, -0.2) is 8.42 Å². The van der Waals surface area contributed by atoms with Crippen LogP contribution in [0.3, 0.4) is 0 Å². The Kier molecular flexibility index (Phi) is 7.58. The summed E-state index contributed by atoms with van der Waals surface area (Å²) in [4.78, 5) is 13.4. The maximum atomic E-state index is 12.5. The number of nitrogens with zero attached hydrogens (tertiary/aromatic N) is 1. The van der Waals surface area contributed by atoms with Crippen molar-refractivity contribution >= 4 is 15.9 Å². The van der Waals surface area contributed by atoms with Gasteiger partial charge in [-0.3, -0.25) is 4.79 Å². The highest BCUT2D eigenvalue weighted by atomic mass is 32.2. The summed E-state index contributed by atoms with van der Waals surface area (Å²) in [5.41, 5.74) is 0.852. The summed E-state index contributed by atoms with van der Waals surface area (Å²) in [6.45, 7) is 5.83. The van der Waals surface area contributed by atoms with Gasteiger partial charge in [0.1, 0.15) is 6.54 Å². The number of hydrogen-bond acceptors (Lipinski definition) is 4. The van der Waals surface area contributed by atoms with Crippen LogP contribution in [0, 0.1) is 0 Å². The molecular formula is C19H28N3O4S+. The van der Waals surface area contributed by atoms with E-state index in [0.29, 0.717) is 32.7 Å². The van der Waals surface area contributed by atoms with E-state index in [-0.39, 0.29) is 10.8 Å². The molecular weight excluding hydrogens is 366 g/mol. The first-order valence-electron chi connectivity index (χ1n) is 9.06. The number of rotatable bonds is 10. The van der Waals surface area contributed by atoms with E-state index in [9.17, 15) is 13.2 Å². The van der Waals surface area contributed by atoms with Gasteiger partial charge in [-0.15, -0.1) is 0 Å². The minimum absolute atomic E-state index is 0.0705. The Labute approximate surface area is 161 Å². The topological polar surface area (TPSA) is 84.1 Å². The van der Waals surface area contributed by atoms with Crippen LogP contribution in [0.1, 0.15) is 25.2 Å². The van der Waals surface area contributed by atoms with Crippen molar-refractivity contribution in [3.05, 3.63) is 54.0 Å².